The van der Waals surface area contributed by atoms with Gasteiger partial charge in [-0.3, -0.25) is 4.79 Å². The van der Waals surface area contributed by atoms with Crippen molar-refractivity contribution < 1.29 is 4.79 Å². The average Bonchev–Trinajstić information content (AvgIpc) is 2.87. The van der Waals surface area contributed by atoms with Crippen molar-refractivity contribution in [3.8, 4) is 0 Å². The summed E-state index contributed by atoms with van der Waals surface area (Å²) >= 11 is 1.65. The van der Waals surface area contributed by atoms with Gasteiger partial charge in [0.2, 0.25) is 0 Å². The molecule has 0 radical (unpaired) electrons. The largest absolute Gasteiger partial charge is 0.360 e. The summed E-state index contributed by atoms with van der Waals surface area (Å²) in [4.78, 5) is 14.2. The van der Waals surface area contributed by atoms with E-state index in [1.54, 1.807) is 11.3 Å². The van der Waals surface area contributed by atoms with Gasteiger partial charge >= 0.3 is 0 Å². The van der Waals surface area contributed by atoms with Crippen molar-refractivity contribution in [3.05, 3.63) is 17.0 Å². The summed E-state index contributed by atoms with van der Waals surface area (Å²) in [5, 5.41) is 1.31. The van der Waals surface area contributed by atoms with Crippen LogP contribution in [0.5, 0.6) is 0 Å². The molecule has 1 aromatic heterocycles. The van der Waals surface area contributed by atoms with E-state index >= 15 is 0 Å². The first-order valence-electron chi connectivity index (χ1n) is 6.70. The first-order chi connectivity index (χ1) is 8.38. The molecular weight excluding hydrogens is 230 g/mol. The molecule has 1 aliphatic carbocycles. The van der Waals surface area contributed by atoms with Crippen molar-refractivity contribution in [1.29, 1.82) is 0 Å². The zero-order valence-corrected chi connectivity index (χ0v) is 10.9. The second kappa shape index (κ2) is 4.81. The summed E-state index contributed by atoms with van der Waals surface area (Å²) in [6.07, 6.45) is 9.24. The smallest absolute Gasteiger partial charge is 0.160 e. The van der Waals surface area contributed by atoms with E-state index in [9.17, 15) is 4.79 Å². The van der Waals surface area contributed by atoms with Crippen molar-refractivity contribution in [2.75, 3.05) is 11.4 Å². The molecule has 2 nitrogen and oxygen atoms in total. The monoisotopic (exact) mass is 249 g/mol. The number of piperidine rings is 1. The van der Waals surface area contributed by atoms with Gasteiger partial charge in [-0.05, 0) is 43.7 Å². The fourth-order valence-electron chi connectivity index (χ4n) is 3.46. The highest BCUT2D eigenvalue weighted by atomic mass is 32.1. The van der Waals surface area contributed by atoms with Gasteiger partial charge in [0.1, 0.15) is 0 Å². The normalized spacial score (nSPS) is 28.8. The summed E-state index contributed by atoms with van der Waals surface area (Å²) in [5.41, 5.74) is 0. The summed E-state index contributed by atoms with van der Waals surface area (Å²) in [6.45, 7) is 1.18. The summed E-state index contributed by atoms with van der Waals surface area (Å²) < 4.78 is 0. The first kappa shape index (κ1) is 11.3. The van der Waals surface area contributed by atoms with Crippen LogP contribution in [0.3, 0.4) is 0 Å². The predicted octanol–water partition coefficient (Wildman–Crippen LogP) is 3.72. The third-order valence-corrected chi connectivity index (χ3v) is 5.30. The van der Waals surface area contributed by atoms with Crippen LogP contribution in [0.4, 0.5) is 5.00 Å². The van der Waals surface area contributed by atoms with Gasteiger partial charge in [-0.2, -0.15) is 0 Å². The molecule has 2 atom stereocenters. The molecule has 0 bridgehead atoms. The molecule has 2 heterocycles. The van der Waals surface area contributed by atoms with Gasteiger partial charge in [-0.25, -0.2) is 0 Å². The Morgan fingerprint density at radius 2 is 2.00 bits per heavy atom. The number of rotatable bonds is 2. The van der Waals surface area contributed by atoms with Crippen molar-refractivity contribution >= 4 is 22.6 Å². The molecule has 2 fully saturated rings. The Bertz CT molecular complexity index is 399. The maximum Gasteiger partial charge on any atom is 0.160 e. The van der Waals surface area contributed by atoms with Gasteiger partial charge in [0.15, 0.2) is 6.29 Å². The summed E-state index contributed by atoms with van der Waals surface area (Å²) in [5.74, 6) is 0.902. The van der Waals surface area contributed by atoms with Crippen LogP contribution >= 0.6 is 11.3 Å². The molecule has 2 aliphatic rings. The van der Waals surface area contributed by atoms with E-state index in [1.165, 1.54) is 50.1 Å². The molecule has 1 saturated carbocycles. The van der Waals surface area contributed by atoms with Crippen LogP contribution in [0.15, 0.2) is 12.1 Å². The Balaban J connectivity index is 1.82. The minimum atomic E-state index is 0.746. The number of carbonyl (C=O) groups excluding carboxylic acids is 1. The molecule has 1 aromatic rings. The molecule has 0 amide bonds. The third-order valence-electron chi connectivity index (χ3n) is 4.26. The zero-order valence-electron chi connectivity index (χ0n) is 10.1. The van der Waals surface area contributed by atoms with E-state index in [-0.39, 0.29) is 0 Å². The summed E-state index contributed by atoms with van der Waals surface area (Å²) in [6, 6.07) is 4.83. The fraction of sp³-hybridized carbons (Fsp3) is 0.643. The van der Waals surface area contributed by atoms with Gasteiger partial charge in [0.25, 0.3) is 0 Å². The van der Waals surface area contributed by atoms with E-state index in [0.717, 1.165) is 23.1 Å². The Labute approximate surface area is 107 Å². The Kier molecular flexibility index (Phi) is 3.19. The predicted molar refractivity (Wildman–Crippen MR) is 72.0 cm³/mol. The molecule has 0 unspecified atom stereocenters. The molecule has 3 heteroatoms. The van der Waals surface area contributed by atoms with Crippen molar-refractivity contribution in [2.24, 2.45) is 5.92 Å². The van der Waals surface area contributed by atoms with Crippen molar-refractivity contribution in [1.82, 2.24) is 0 Å². The lowest BCUT2D eigenvalue weighted by Gasteiger charge is -2.44. The quantitative estimate of drug-likeness (QED) is 0.745. The molecule has 0 aromatic carbocycles. The van der Waals surface area contributed by atoms with Gasteiger partial charge in [-0.15, -0.1) is 11.3 Å². The molecule has 0 N–H and O–H groups in total. The number of nitrogens with zero attached hydrogens (tertiary/aromatic N) is 1. The van der Waals surface area contributed by atoms with Gasteiger partial charge in [0.05, 0.1) is 9.88 Å². The lowest BCUT2D eigenvalue weighted by molar-refractivity contribution is 0.112. The average molecular weight is 249 g/mol. The molecule has 1 saturated heterocycles. The van der Waals surface area contributed by atoms with E-state index in [4.69, 9.17) is 0 Å². The van der Waals surface area contributed by atoms with E-state index in [1.807, 2.05) is 6.07 Å². The molecule has 92 valence electrons. The second-order valence-electron chi connectivity index (χ2n) is 5.24. The highest BCUT2D eigenvalue weighted by molar-refractivity contribution is 7.17. The van der Waals surface area contributed by atoms with Gasteiger partial charge in [0, 0.05) is 12.6 Å². The van der Waals surface area contributed by atoms with Gasteiger partial charge < -0.3 is 4.90 Å². The molecule has 1 aliphatic heterocycles. The topological polar surface area (TPSA) is 20.3 Å². The molecular formula is C14H19NOS. The van der Waals surface area contributed by atoms with E-state index in [0.29, 0.717) is 0 Å². The van der Waals surface area contributed by atoms with Crippen LogP contribution in [0.1, 0.15) is 48.2 Å². The molecule has 3 rings (SSSR count). The number of carbonyl (C=O) groups is 1. The lowest BCUT2D eigenvalue weighted by atomic mass is 9.78. The third kappa shape index (κ3) is 2.13. The second-order valence-corrected chi connectivity index (χ2v) is 6.34. The minimum Gasteiger partial charge on any atom is -0.360 e. The summed E-state index contributed by atoms with van der Waals surface area (Å²) in [7, 11) is 0. The molecule has 17 heavy (non-hydrogen) atoms. The van der Waals surface area contributed by atoms with Crippen molar-refractivity contribution in [3.63, 3.8) is 0 Å². The SMILES string of the molecule is O=Cc1ccc(N2CCC[C@H]3CCCC[C@H]32)s1. The number of aldehydes is 1. The highest BCUT2D eigenvalue weighted by Gasteiger charge is 2.33. The Morgan fingerprint density at radius 3 is 2.82 bits per heavy atom. The zero-order chi connectivity index (χ0) is 11.7. The van der Waals surface area contributed by atoms with E-state index < -0.39 is 0 Å². The Morgan fingerprint density at radius 1 is 1.18 bits per heavy atom. The fourth-order valence-corrected chi connectivity index (χ4v) is 4.36. The lowest BCUT2D eigenvalue weighted by Crippen LogP contribution is -2.46. The standard InChI is InChI=1S/C14H19NOS/c16-10-12-7-8-14(17-12)15-9-3-5-11-4-1-2-6-13(11)15/h7-8,10-11,13H,1-6,9H2/t11-,13-/m1/s1. The maximum absolute atomic E-state index is 10.8. The number of hydrogen-bond acceptors (Lipinski definition) is 3. The minimum absolute atomic E-state index is 0.746. The van der Waals surface area contributed by atoms with Crippen LogP contribution < -0.4 is 4.90 Å². The number of thiophene rings is 1. The number of fused-ring (bicyclic) bond motifs is 1. The van der Waals surface area contributed by atoms with E-state index in [2.05, 4.69) is 11.0 Å². The number of hydrogen-bond donors (Lipinski definition) is 0. The van der Waals surface area contributed by atoms with Crippen molar-refractivity contribution in [2.45, 2.75) is 44.6 Å². The van der Waals surface area contributed by atoms with Crippen LogP contribution in [0.25, 0.3) is 0 Å². The van der Waals surface area contributed by atoms with Crippen LogP contribution in [0, 0.1) is 5.92 Å². The van der Waals surface area contributed by atoms with Crippen LogP contribution in [0.2, 0.25) is 0 Å². The van der Waals surface area contributed by atoms with Crippen LogP contribution in [-0.4, -0.2) is 18.9 Å². The Hall–Kier alpha value is -0.830. The molecule has 0 spiro atoms. The number of anilines is 1. The first-order valence-corrected chi connectivity index (χ1v) is 7.52. The highest BCUT2D eigenvalue weighted by Crippen LogP contribution is 2.39. The van der Waals surface area contributed by atoms with Crippen LogP contribution in [-0.2, 0) is 0 Å². The van der Waals surface area contributed by atoms with Gasteiger partial charge in [-0.1, -0.05) is 12.8 Å². The maximum atomic E-state index is 10.8.